The van der Waals surface area contributed by atoms with Crippen LogP contribution in [0.4, 0.5) is 0 Å². The fourth-order valence-electron chi connectivity index (χ4n) is 3.51. The van der Waals surface area contributed by atoms with E-state index >= 15 is 0 Å². The summed E-state index contributed by atoms with van der Waals surface area (Å²) in [6.07, 6.45) is 3.59. The lowest BCUT2D eigenvalue weighted by atomic mass is 9.82. The molecule has 21 heavy (non-hydrogen) atoms. The number of fused-ring (bicyclic) bond motifs is 1. The van der Waals surface area contributed by atoms with Gasteiger partial charge in [-0.15, -0.1) is 0 Å². The zero-order valence-electron chi connectivity index (χ0n) is 12.4. The van der Waals surface area contributed by atoms with Crippen molar-refractivity contribution < 1.29 is 14.6 Å². The van der Waals surface area contributed by atoms with Gasteiger partial charge >= 0.3 is 5.97 Å². The van der Waals surface area contributed by atoms with Crippen LogP contribution in [0.5, 0.6) is 0 Å². The van der Waals surface area contributed by atoms with E-state index in [4.69, 9.17) is 4.74 Å². The first kappa shape index (κ1) is 14.5. The number of rotatable bonds is 3. The maximum absolute atomic E-state index is 11.7. The van der Waals surface area contributed by atoms with Crippen molar-refractivity contribution in [2.75, 3.05) is 32.8 Å². The van der Waals surface area contributed by atoms with Gasteiger partial charge in [-0.3, -0.25) is 4.79 Å². The number of ether oxygens (including phenoxy) is 1. The van der Waals surface area contributed by atoms with Crippen molar-refractivity contribution in [2.24, 2.45) is 5.41 Å². The van der Waals surface area contributed by atoms with Crippen LogP contribution in [0.2, 0.25) is 0 Å². The summed E-state index contributed by atoms with van der Waals surface area (Å²) in [5.74, 6) is -0.705. The average molecular weight is 289 g/mol. The minimum atomic E-state index is -0.714. The predicted molar refractivity (Wildman–Crippen MR) is 80.4 cm³/mol. The summed E-state index contributed by atoms with van der Waals surface area (Å²) < 4.78 is 5.47. The van der Waals surface area contributed by atoms with Crippen LogP contribution in [0, 0.1) is 5.41 Å². The highest BCUT2D eigenvalue weighted by Gasteiger charge is 2.42. The Morgan fingerprint density at radius 1 is 1.24 bits per heavy atom. The van der Waals surface area contributed by atoms with Crippen molar-refractivity contribution >= 4 is 5.97 Å². The van der Waals surface area contributed by atoms with Crippen LogP contribution < -0.4 is 0 Å². The van der Waals surface area contributed by atoms with Gasteiger partial charge in [0.15, 0.2) is 0 Å². The van der Waals surface area contributed by atoms with Crippen LogP contribution in [-0.4, -0.2) is 48.8 Å². The van der Waals surface area contributed by atoms with Gasteiger partial charge in [0.05, 0.1) is 6.61 Å². The fourth-order valence-corrected chi connectivity index (χ4v) is 3.51. The molecule has 1 aromatic carbocycles. The molecule has 114 valence electrons. The molecule has 0 spiro atoms. The fraction of sp³-hybridized carbons (Fsp3) is 0.588. The largest absolute Gasteiger partial charge is 0.481 e. The molecule has 2 aliphatic rings. The highest BCUT2D eigenvalue weighted by molar-refractivity contribution is 5.75. The number of carboxylic acids is 1. The van der Waals surface area contributed by atoms with Crippen molar-refractivity contribution in [1.82, 2.24) is 4.90 Å². The number of hydrogen-bond donors (Lipinski definition) is 1. The van der Waals surface area contributed by atoms with Gasteiger partial charge in [0, 0.05) is 26.2 Å². The molecule has 4 nitrogen and oxygen atoms in total. The molecule has 2 heterocycles. The molecule has 0 saturated carbocycles. The molecule has 1 unspecified atom stereocenters. The van der Waals surface area contributed by atoms with E-state index in [0.717, 1.165) is 38.8 Å². The first-order valence-corrected chi connectivity index (χ1v) is 7.80. The Kier molecular flexibility index (Phi) is 4.27. The standard InChI is InChI=1S/C17H23NO3/c19-16(20)17(8-3-11-21-13-17)12-18-9-6-14-4-1-2-5-15(14)7-10-18/h1-2,4-5H,3,6-13H2,(H,19,20). The highest BCUT2D eigenvalue weighted by Crippen LogP contribution is 2.31. The molecule has 0 aromatic heterocycles. The molecule has 2 aliphatic heterocycles. The minimum Gasteiger partial charge on any atom is -0.481 e. The lowest BCUT2D eigenvalue weighted by Crippen LogP contribution is -2.49. The molecule has 1 aromatic rings. The third-order valence-corrected chi connectivity index (χ3v) is 4.82. The van der Waals surface area contributed by atoms with Crippen molar-refractivity contribution in [3.8, 4) is 0 Å². The van der Waals surface area contributed by atoms with Crippen molar-refractivity contribution in [1.29, 1.82) is 0 Å². The Hall–Kier alpha value is -1.39. The predicted octanol–water partition coefficient (Wildman–Crippen LogP) is 1.97. The van der Waals surface area contributed by atoms with Crippen LogP contribution in [-0.2, 0) is 22.4 Å². The number of benzene rings is 1. The summed E-state index contributed by atoms with van der Waals surface area (Å²) in [6, 6.07) is 8.55. The minimum absolute atomic E-state index is 0.353. The topological polar surface area (TPSA) is 49.8 Å². The highest BCUT2D eigenvalue weighted by atomic mass is 16.5. The third kappa shape index (κ3) is 3.11. The Labute approximate surface area is 125 Å². The Bertz CT molecular complexity index is 482. The third-order valence-electron chi connectivity index (χ3n) is 4.82. The molecule has 0 aliphatic carbocycles. The van der Waals surface area contributed by atoms with Crippen molar-refractivity contribution in [2.45, 2.75) is 25.7 Å². The molecular formula is C17H23NO3. The summed E-state index contributed by atoms with van der Waals surface area (Å²) in [6.45, 7) is 3.53. The van der Waals surface area contributed by atoms with Crippen molar-refractivity contribution in [3.63, 3.8) is 0 Å². The molecule has 1 atom stereocenters. The lowest BCUT2D eigenvalue weighted by molar-refractivity contribution is -0.159. The first-order chi connectivity index (χ1) is 10.2. The van der Waals surface area contributed by atoms with Gasteiger partial charge in [-0.2, -0.15) is 0 Å². The summed E-state index contributed by atoms with van der Waals surface area (Å²) in [7, 11) is 0. The summed E-state index contributed by atoms with van der Waals surface area (Å²) >= 11 is 0. The van der Waals surface area contributed by atoms with E-state index in [2.05, 4.69) is 29.2 Å². The summed E-state index contributed by atoms with van der Waals surface area (Å²) in [5, 5.41) is 9.66. The van der Waals surface area contributed by atoms with E-state index in [1.54, 1.807) is 0 Å². The Morgan fingerprint density at radius 3 is 2.43 bits per heavy atom. The van der Waals surface area contributed by atoms with Gasteiger partial charge in [0.2, 0.25) is 0 Å². The molecule has 4 heteroatoms. The molecule has 0 amide bonds. The van der Waals surface area contributed by atoms with Crippen LogP contribution in [0.1, 0.15) is 24.0 Å². The van der Waals surface area contributed by atoms with Crippen LogP contribution in [0.25, 0.3) is 0 Å². The number of carboxylic acid groups (broad SMARTS) is 1. The normalized spacial score (nSPS) is 26.9. The van der Waals surface area contributed by atoms with Gasteiger partial charge in [-0.05, 0) is 36.8 Å². The molecule has 1 N–H and O–H groups in total. The smallest absolute Gasteiger partial charge is 0.313 e. The molecule has 3 rings (SSSR count). The molecular weight excluding hydrogens is 266 g/mol. The number of hydrogen-bond acceptors (Lipinski definition) is 3. The Morgan fingerprint density at radius 2 is 1.90 bits per heavy atom. The summed E-state index contributed by atoms with van der Waals surface area (Å²) in [5.41, 5.74) is 2.10. The van der Waals surface area contributed by atoms with Crippen LogP contribution in [0.15, 0.2) is 24.3 Å². The lowest BCUT2D eigenvalue weighted by Gasteiger charge is -2.37. The van der Waals surface area contributed by atoms with Gasteiger partial charge in [0.1, 0.15) is 5.41 Å². The van der Waals surface area contributed by atoms with Gasteiger partial charge in [-0.1, -0.05) is 24.3 Å². The molecule has 0 bridgehead atoms. The van der Waals surface area contributed by atoms with E-state index in [1.165, 1.54) is 11.1 Å². The van der Waals surface area contributed by atoms with Crippen molar-refractivity contribution in [3.05, 3.63) is 35.4 Å². The maximum Gasteiger partial charge on any atom is 0.313 e. The van der Waals surface area contributed by atoms with E-state index in [1.807, 2.05) is 0 Å². The number of carbonyl (C=O) groups is 1. The Balaban J connectivity index is 1.69. The monoisotopic (exact) mass is 289 g/mol. The zero-order chi connectivity index (χ0) is 14.7. The second-order valence-electron chi connectivity index (χ2n) is 6.29. The molecule has 1 fully saturated rings. The van der Waals surface area contributed by atoms with Gasteiger partial charge in [-0.25, -0.2) is 0 Å². The SMILES string of the molecule is O=C(O)C1(CN2CCc3ccccc3CC2)CCCOC1. The maximum atomic E-state index is 11.7. The van der Waals surface area contributed by atoms with E-state index in [-0.39, 0.29) is 0 Å². The van der Waals surface area contributed by atoms with Gasteiger partial charge < -0.3 is 14.7 Å². The number of aliphatic carboxylic acids is 1. The van der Waals surface area contributed by atoms with Crippen LogP contribution in [0.3, 0.4) is 0 Å². The van der Waals surface area contributed by atoms with E-state index < -0.39 is 11.4 Å². The van der Waals surface area contributed by atoms with Crippen LogP contribution >= 0.6 is 0 Å². The molecule has 0 radical (unpaired) electrons. The second-order valence-corrected chi connectivity index (χ2v) is 6.29. The zero-order valence-corrected chi connectivity index (χ0v) is 12.4. The average Bonchev–Trinajstić information content (AvgIpc) is 2.71. The van der Waals surface area contributed by atoms with E-state index in [9.17, 15) is 9.90 Å². The quantitative estimate of drug-likeness (QED) is 0.924. The van der Waals surface area contributed by atoms with Gasteiger partial charge in [0.25, 0.3) is 0 Å². The number of nitrogens with zero attached hydrogens (tertiary/aromatic N) is 1. The first-order valence-electron chi connectivity index (χ1n) is 7.80. The molecule has 1 saturated heterocycles. The van der Waals surface area contributed by atoms with E-state index in [0.29, 0.717) is 19.8 Å². The summed E-state index contributed by atoms with van der Waals surface area (Å²) in [4.78, 5) is 14.1. The second kappa shape index (κ2) is 6.16.